The number of hydrogen-bond donors (Lipinski definition) is 3. The van der Waals surface area contributed by atoms with Crippen LogP contribution >= 0.6 is 11.3 Å². The van der Waals surface area contributed by atoms with Crippen LogP contribution in [0.4, 0.5) is 5.69 Å². The lowest BCUT2D eigenvalue weighted by Crippen LogP contribution is -2.41. The van der Waals surface area contributed by atoms with Crippen molar-refractivity contribution in [2.24, 2.45) is 0 Å². The number of amides is 3. The molecule has 4 rings (SSSR count). The van der Waals surface area contributed by atoms with Crippen molar-refractivity contribution >= 4 is 34.7 Å². The summed E-state index contributed by atoms with van der Waals surface area (Å²) >= 11 is 1.50. The Balaban J connectivity index is 1.36. The molecule has 0 spiro atoms. The summed E-state index contributed by atoms with van der Waals surface area (Å²) in [6.45, 7) is 0. The molecule has 3 aromatic rings. The summed E-state index contributed by atoms with van der Waals surface area (Å²) in [5.41, 5.74) is 6.93. The van der Waals surface area contributed by atoms with E-state index in [-0.39, 0.29) is 11.7 Å². The zero-order valence-corrected chi connectivity index (χ0v) is 17.7. The van der Waals surface area contributed by atoms with E-state index in [9.17, 15) is 14.4 Å². The molecule has 31 heavy (non-hydrogen) atoms. The molecule has 3 N–H and O–H groups in total. The molecular weight excluding hydrogens is 414 g/mol. The molecule has 0 fully saturated rings. The van der Waals surface area contributed by atoms with Gasteiger partial charge in [-0.3, -0.25) is 25.2 Å². The molecule has 0 saturated heterocycles. The van der Waals surface area contributed by atoms with Crippen LogP contribution in [0.25, 0.3) is 0 Å². The number of aryl methyl sites for hydroxylation is 2. The van der Waals surface area contributed by atoms with Crippen LogP contribution < -0.4 is 16.2 Å². The first-order valence-electron chi connectivity index (χ1n) is 10.3. The minimum absolute atomic E-state index is 0.173. The monoisotopic (exact) mass is 437 g/mol. The maximum Gasteiger partial charge on any atom is 0.291 e. The van der Waals surface area contributed by atoms with Gasteiger partial charge in [0.25, 0.3) is 17.7 Å². The molecule has 8 heteroatoms. The van der Waals surface area contributed by atoms with Gasteiger partial charge < -0.3 is 9.73 Å². The molecule has 0 unspecified atom stereocenters. The highest BCUT2D eigenvalue weighted by Crippen LogP contribution is 2.28. The van der Waals surface area contributed by atoms with Crippen molar-refractivity contribution in [1.29, 1.82) is 0 Å². The van der Waals surface area contributed by atoms with Crippen molar-refractivity contribution in [2.45, 2.75) is 38.5 Å². The molecule has 7 nitrogen and oxygen atoms in total. The van der Waals surface area contributed by atoms with Gasteiger partial charge in [-0.25, -0.2) is 0 Å². The number of benzene rings is 1. The topological polar surface area (TPSA) is 100 Å². The number of carbonyl (C=O) groups is 3. The third kappa shape index (κ3) is 5.21. The quantitative estimate of drug-likeness (QED) is 0.529. The van der Waals surface area contributed by atoms with Gasteiger partial charge in [-0.15, -0.1) is 11.3 Å². The van der Waals surface area contributed by atoms with Crippen LogP contribution in [-0.2, 0) is 12.8 Å². The molecule has 1 aliphatic carbocycles. The Kier molecular flexibility index (Phi) is 6.47. The minimum atomic E-state index is -0.475. The normalized spacial score (nSPS) is 13.4. The van der Waals surface area contributed by atoms with Gasteiger partial charge in [-0.1, -0.05) is 18.9 Å². The van der Waals surface area contributed by atoms with E-state index in [1.165, 1.54) is 46.9 Å². The van der Waals surface area contributed by atoms with Gasteiger partial charge in [0.2, 0.25) is 0 Å². The lowest BCUT2D eigenvalue weighted by Gasteiger charge is -2.08. The smallest absolute Gasteiger partial charge is 0.291 e. The first-order valence-corrected chi connectivity index (χ1v) is 11.1. The summed E-state index contributed by atoms with van der Waals surface area (Å²) in [4.78, 5) is 39.0. The summed E-state index contributed by atoms with van der Waals surface area (Å²) in [7, 11) is 0. The molecular formula is C23H23N3O4S. The molecule has 1 aliphatic rings. The average Bonchev–Trinajstić information content (AvgIpc) is 3.42. The summed E-state index contributed by atoms with van der Waals surface area (Å²) < 4.78 is 5.06. The van der Waals surface area contributed by atoms with Crippen LogP contribution in [0.15, 0.2) is 53.1 Å². The Hall–Kier alpha value is -3.39. The Morgan fingerprint density at radius 2 is 1.65 bits per heavy atom. The van der Waals surface area contributed by atoms with Gasteiger partial charge in [0, 0.05) is 16.1 Å². The number of fused-ring (bicyclic) bond motifs is 1. The molecule has 2 heterocycles. The summed E-state index contributed by atoms with van der Waals surface area (Å²) in [5, 5.41) is 2.67. The number of hydrazine groups is 1. The Morgan fingerprint density at radius 1 is 0.839 bits per heavy atom. The fourth-order valence-corrected chi connectivity index (χ4v) is 4.69. The predicted octanol–water partition coefficient (Wildman–Crippen LogP) is 4.33. The zero-order chi connectivity index (χ0) is 21.6. The molecule has 2 aromatic heterocycles. The second kappa shape index (κ2) is 9.61. The highest BCUT2D eigenvalue weighted by molar-refractivity contribution is 7.14. The maximum atomic E-state index is 12.5. The summed E-state index contributed by atoms with van der Waals surface area (Å²) in [5.74, 6) is -1.04. The second-order valence-corrected chi connectivity index (χ2v) is 8.53. The van der Waals surface area contributed by atoms with Gasteiger partial charge >= 0.3 is 0 Å². The first kappa shape index (κ1) is 20.9. The number of rotatable bonds is 4. The first-order chi connectivity index (χ1) is 15.1. The van der Waals surface area contributed by atoms with Crippen LogP contribution in [-0.4, -0.2) is 17.7 Å². The van der Waals surface area contributed by atoms with Crippen molar-refractivity contribution in [1.82, 2.24) is 10.9 Å². The summed E-state index contributed by atoms with van der Waals surface area (Å²) in [6, 6.07) is 11.5. The van der Waals surface area contributed by atoms with Gasteiger partial charge in [0.15, 0.2) is 5.76 Å². The Bertz CT molecular complexity index is 1060. The van der Waals surface area contributed by atoms with E-state index in [4.69, 9.17) is 4.42 Å². The Morgan fingerprint density at radius 3 is 2.45 bits per heavy atom. The molecule has 0 atom stereocenters. The second-order valence-electron chi connectivity index (χ2n) is 7.39. The lowest BCUT2D eigenvalue weighted by atomic mass is 10.00. The van der Waals surface area contributed by atoms with Gasteiger partial charge in [0.1, 0.15) is 0 Å². The number of carbonyl (C=O) groups excluding carboxylic acids is 3. The molecule has 0 aliphatic heterocycles. The van der Waals surface area contributed by atoms with Gasteiger partial charge in [-0.05, 0) is 67.6 Å². The van der Waals surface area contributed by atoms with Crippen molar-refractivity contribution < 1.29 is 18.8 Å². The van der Waals surface area contributed by atoms with Crippen LogP contribution in [0.2, 0.25) is 0 Å². The van der Waals surface area contributed by atoms with E-state index in [1.807, 2.05) is 6.07 Å². The number of hydrogen-bond acceptors (Lipinski definition) is 5. The predicted molar refractivity (Wildman–Crippen MR) is 118 cm³/mol. The third-order valence-corrected chi connectivity index (χ3v) is 6.37. The molecule has 3 amide bonds. The van der Waals surface area contributed by atoms with E-state index >= 15 is 0 Å². The van der Waals surface area contributed by atoms with Crippen molar-refractivity contribution in [3.63, 3.8) is 0 Å². The average molecular weight is 438 g/mol. The molecule has 1 aromatic carbocycles. The van der Waals surface area contributed by atoms with E-state index in [2.05, 4.69) is 16.2 Å². The summed E-state index contributed by atoms with van der Waals surface area (Å²) in [6.07, 6.45) is 8.18. The maximum absolute atomic E-state index is 12.5. The van der Waals surface area contributed by atoms with Crippen LogP contribution in [0.3, 0.4) is 0 Å². The fraction of sp³-hybridized carbons (Fsp3) is 0.261. The highest BCUT2D eigenvalue weighted by Gasteiger charge is 2.17. The van der Waals surface area contributed by atoms with Gasteiger partial charge in [0.05, 0.1) is 11.1 Å². The Labute approximate surface area is 183 Å². The van der Waals surface area contributed by atoms with Crippen molar-refractivity contribution in [2.75, 3.05) is 5.32 Å². The van der Waals surface area contributed by atoms with E-state index < -0.39 is 11.8 Å². The molecule has 0 bridgehead atoms. The van der Waals surface area contributed by atoms with Crippen molar-refractivity contribution in [3.8, 4) is 0 Å². The number of anilines is 1. The molecule has 0 saturated carbocycles. The molecule has 160 valence electrons. The number of thiophene rings is 1. The standard InChI is InChI=1S/C23H23N3O4S/c27-21(16-8-5-9-17(13-16)24-22(28)18-10-6-12-30-18)25-26-23(29)20-14-15-7-3-1-2-4-11-19(15)31-20/h5-6,8-10,12-14H,1-4,7,11H2,(H,24,28)(H,25,27)(H,26,29). The highest BCUT2D eigenvalue weighted by atomic mass is 32.1. The third-order valence-electron chi connectivity index (χ3n) is 5.14. The van der Waals surface area contributed by atoms with E-state index in [1.54, 1.807) is 30.3 Å². The van der Waals surface area contributed by atoms with E-state index in [0.717, 1.165) is 25.7 Å². The minimum Gasteiger partial charge on any atom is -0.459 e. The van der Waals surface area contributed by atoms with Gasteiger partial charge in [-0.2, -0.15) is 0 Å². The van der Waals surface area contributed by atoms with Crippen LogP contribution in [0, 0.1) is 0 Å². The number of furan rings is 1. The SMILES string of the molecule is O=C(NNC(=O)c1cc2c(s1)CCCCCC2)c1cccc(NC(=O)c2ccco2)c1. The fourth-order valence-electron chi connectivity index (χ4n) is 3.54. The zero-order valence-electron chi connectivity index (χ0n) is 16.9. The van der Waals surface area contributed by atoms with Crippen LogP contribution in [0.1, 0.15) is 66.7 Å². The van der Waals surface area contributed by atoms with Crippen molar-refractivity contribution in [3.05, 3.63) is 75.4 Å². The number of nitrogens with one attached hydrogen (secondary N) is 3. The van der Waals surface area contributed by atoms with Crippen LogP contribution in [0.5, 0.6) is 0 Å². The molecule has 0 radical (unpaired) electrons. The lowest BCUT2D eigenvalue weighted by molar-refractivity contribution is 0.0849. The largest absolute Gasteiger partial charge is 0.459 e. The van der Waals surface area contributed by atoms with E-state index in [0.29, 0.717) is 16.1 Å².